The highest BCUT2D eigenvalue weighted by molar-refractivity contribution is 9.10. The first-order valence-corrected chi connectivity index (χ1v) is 12.0. The topological polar surface area (TPSA) is 58.6 Å². The molecule has 0 saturated carbocycles. The smallest absolute Gasteiger partial charge is 0.261 e. The Balaban J connectivity index is 2.23. The molecule has 0 spiro atoms. The molecule has 32 heavy (non-hydrogen) atoms. The minimum Gasteiger partial charge on any atom is -0.484 e. The molecule has 0 aromatic heterocycles. The Morgan fingerprint density at radius 1 is 1.12 bits per heavy atom. The SMILES string of the molecule is CC[C@@H](C)NC(=O)[C@H](C)N(Cc1ccc(Cl)cc1Cl)C(=O)COc1cc(C)c(Br)c(C)c1. The molecule has 0 fully saturated rings. The highest BCUT2D eigenvalue weighted by Crippen LogP contribution is 2.27. The zero-order chi connectivity index (χ0) is 24.0. The first-order chi connectivity index (χ1) is 15.0. The molecule has 2 rings (SSSR count). The number of carbonyl (C=O) groups excluding carboxylic acids is 2. The summed E-state index contributed by atoms with van der Waals surface area (Å²) >= 11 is 15.9. The van der Waals surface area contributed by atoms with Gasteiger partial charge >= 0.3 is 0 Å². The highest BCUT2D eigenvalue weighted by Gasteiger charge is 2.27. The number of halogens is 3. The molecule has 0 aliphatic heterocycles. The van der Waals surface area contributed by atoms with Gasteiger partial charge in [-0.25, -0.2) is 0 Å². The lowest BCUT2D eigenvalue weighted by atomic mass is 10.1. The van der Waals surface area contributed by atoms with Crippen molar-refractivity contribution >= 4 is 50.9 Å². The largest absolute Gasteiger partial charge is 0.484 e. The maximum atomic E-state index is 13.2. The second-order valence-electron chi connectivity index (χ2n) is 7.91. The number of nitrogens with one attached hydrogen (secondary N) is 1. The van der Waals surface area contributed by atoms with Gasteiger partial charge in [0.25, 0.3) is 5.91 Å². The Labute approximate surface area is 208 Å². The first-order valence-electron chi connectivity index (χ1n) is 10.5. The van der Waals surface area contributed by atoms with Gasteiger partial charge in [-0.05, 0) is 75.1 Å². The molecule has 0 saturated heterocycles. The van der Waals surface area contributed by atoms with Gasteiger partial charge in [0.2, 0.25) is 5.91 Å². The molecule has 0 radical (unpaired) electrons. The van der Waals surface area contributed by atoms with Crippen molar-refractivity contribution in [2.24, 2.45) is 0 Å². The Bertz CT molecular complexity index is 961. The Morgan fingerprint density at radius 2 is 1.75 bits per heavy atom. The number of nitrogens with zero attached hydrogens (tertiary/aromatic N) is 1. The molecule has 0 aliphatic rings. The third-order valence-electron chi connectivity index (χ3n) is 5.30. The van der Waals surface area contributed by atoms with E-state index in [0.29, 0.717) is 21.4 Å². The third kappa shape index (κ3) is 7.12. The zero-order valence-corrected chi connectivity index (χ0v) is 22.1. The number of amides is 2. The van der Waals surface area contributed by atoms with Crippen molar-refractivity contribution in [1.29, 1.82) is 0 Å². The van der Waals surface area contributed by atoms with Gasteiger partial charge in [0.15, 0.2) is 6.61 Å². The number of benzene rings is 2. The maximum Gasteiger partial charge on any atom is 0.261 e. The average molecular weight is 544 g/mol. The molecular weight excluding hydrogens is 515 g/mol. The van der Waals surface area contributed by atoms with Crippen molar-refractivity contribution in [2.75, 3.05) is 6.61 Å². The zero-order valence-electron chi connectivity index (χ0n) is 19.0. The van der Waals surface area contributed by atoms with E-state index in [1.807, 2.05) is 39.8 Å². The summed E-state index contributed by atoms with van der Waals surface area (Å²) in [5, 5.41) is 3.87. The van der Waals surface area contributed by atoms with Crippen molar-refractivity contribution in [3.8, 4) is 5.75 Å². The van der Waals surface area contributed by atoms with Crippen LogP contribution in [0.15, 0.2) is 34.8 Å². The molecule has 2 amide bonds. The number of carbonyl (C=O) groups is 2. The van der Waals surface area contributed by atoms with Gasteiger partial charge < -0.3 is 15.0 Å². The Hall–Kier alpha value is -1.76. The van der Waals surface area contributed by atoms with Crippen LogP contribution in [0.5, 0.6) is 5.75 Å². The van der Waals surface area contributed by atoms with Crippen LogP contribution in [0.25, 0.3) is 0 Å². The van der Waals surface area contributed by atoms with Crippen LogP contribution in [-0.2, 0) is 16.1 Å². The number of aryl methyl sites for hydroxylation is 2. The van der Waals surface area contributed by atoms with Crippen LogP contribution in [-0.4, -0.2) is 35.4 Å². The third-order valence-corrected chi connectivity index (χ3v) is 7.13. The van der Waals surface area contributed by atoms with E-state index in [0.717, 1.165) is 22.0 Å². The maximum absolute atomic E-state index is 13.2. The minimum absolute atomic E-state index is 0.00554. The first kappa shape index (κ1) is 26.5. The van der Waals surface area contributed by atoms with E-state index in [4.69, 9.17) is 27.9 Å². The van der Waals surface area contributed by atoms with E-state index in [2.05, 4.69) is 21.2 Å². The lowest BCUT2D eigenvalue weighted by Gasteiger charge is -2.30. The monoisotopic (exact) mass is 542 g/mol. The number of hydrogen-bond acceptors (Lipinski definition) is 3. The van der Waals surface area contributed by atoms with E-state index < -0.39 is 6.04 Å². The van der Waals surface area contributed by atoms with Gasteiger partial charge in [-0.1, -0.05) is 52.1 Å². The van der Waals surface area contributed by atoms with E-state index in [9.17, 15) is 9.59 Å². The van der Waals surface area contributed by atoms with E-state index in [-0.39, 0.29) is 31.0 Å². The molecular formula is C24H29BrCl2N2O3. The van der Waals surface area contributed by atoms with Crippen molar-refractivity contribution in [1.82, 2.24) is 10.2 Å². The van der Waals surface area contributed by atoms with E-state index in [1.165, 1.54) is 4.90 Å². The minimum atomic E-state index is -0.708. The van der Waals surface area contributed by atoms with Crippen LogP contribution < -0.4 is 10.1 Å². The summed E-state index contributed by atoms with van der Waals surface area (Å²) in [6, 6.07) is 8.11. The standard InChI is InChI=1S/C24H29BrCl2N2O3/c1-6-16(4)28-24(31)17(5)29(12-18-7-8-19(26)11-21(18)27)22(30)13-32-20-9-14(2)23(25)15(3)10-20/h7-11,16-17H,6,12-13H2,1-5H3,(H,28,31)/t16-,17+/m1/s1. The molecule has 8 heteroatoms. The highest BCUT2D eigenvalue weighted by atomic mass is 79.9. The van der Waals surface area contributed by atoms with Gasteiger partial charge in [-0.3, -0.25) is 9.59 Å². The number of ether oxygens (including phenoxy) is 1. The van der Waals surface area contributed by atoms with Crippen LogP contribution in [0.1, 0.15) is 43.9 Å². The molecule has 2 aromatic rings. The second kappa shape index (κ2) is 11.9. The lowest BCUT2D eigenvalue weighted by Crippen LogP contribution is -2.50. The summed E-state index contributed by atoms with van der Waals surface area (Å²) in [6.07, 6.45) is 0.792. The molecule has 2 aromatic carbocycles. The van der Waals surface area contributed by atoms with Gasteiger partial charge in [0.05, 0.1) is 0 Å². The quantitative estimate of drug-likeness (QED) is 0.416. The predicted molar refractivity (Wildman–Crippen MR) is 133 cm³/mol. The summed E-state index contributed by atoms with van der Waals surface area (Å²) in [6.45, 7) is 9.49. The van der Waals surface area contributed by atoms with Crippen molar-refractivity contribution < 1.29 is 14.3 Å². The van der Waals surface area contributed by atoms with Gasteiger partial charge in [-0.15, -0.1) is 0 Å². The molecule has 0 aliphatic carbocycles. The fraction of sp³-hybridized carbons (Fsp3) is 0.417. The molecule has 5 nitrogen and oxygen atoms in total. The lowest BCUT2D eigenvalue weighted by molar-refractivity contribution is -0.142. The van der Waals surface area contributed by atoms with Crippen molar-refractivity contribution in [2.45, 2.75) is 59.7 Å². The summed E-state index contributed by atoms with van der Waals surface area (Å²) in [7, 11) is 0. The van der Waals surface area contributed by atoms with Crippen LogP contribution in [0.2, 0.25) is 10.0 Å². The molecule has 174 valence electrons. The normalized spacial score (nSPS) is 12.8. The summed E-state index contributed by atoms with van der Waals surface area (Å²) in [5.41, 5.74) is 2.72. The molecule has 2 atom stereocenters. The molecule has 0 bridgehead atoms. The second-order valence-corrected chi connectivity index (χ2v) is 9.55. The molecule has 1 N–H and O–H groups in total. The fourth-order valence-electron chi connectivity index (χ4n) is 3.10. The van der Waals surface area contributed by atoms with Crippen molar-refractivity contribution in [3.63, 3.8) is 0 Å². The van der Waals surface area contributed by atoms with E-state index in [1.54, 1.807) is 25.1 Å². The fourth-order valence-corrected chi connectivity index (χ4v) is 3.80. The van der Waals surface area contributed by atoms with Crippen LogP contribution in [0.4, 0.5) is 0 Å². The Morgan fingerprint density at radius 3 is 2.31 bits per heavy atom. The summed E-state index contributed by atoms with van der Waals surface area (Å²) < 4.78 is 6.79. The predicted octanol–water partition coefficient (Wildman–Crippen LogP) is 6.08. The van der Waals surface area contributed by atoms with Crippen molar-refractivity contribution in [3.05, 3.63) is 61.5 Å². The summed E-state index contributed by atoms with van der Waals surface area (Å²) in [5.74, 6) is 0.0481. The Kier molecular flexibility index (Phi) is 9.86. The van der Waals surface area contributed by atoms with Crippen LogP contribution >= 0.6 is 39.1 Å². The number of hydrogen-bond donors (Lipinski definition) is 1. The van der Waals surface area contributed by atoms with Gasteiger partial charge in [0, 0.05) is 27.1 Å². The summed E-state index contributed by atoms with van der Waals surface area (Å²) in [4.78, 5) is 27.4. The molecule has 0 unspecified atom stereocenters. The van der Waals surface area contributed by atoms with Gasteiger partial charge in [0.1, 0.15) is 11.8 Å². The van der Waals surface area contributed by atoms with E-state index >= 15 is 0 Å². The van der Waals surface area contributed by atoms with Crippen LogP contribution in [0.3, 0.4) is 0 Å². The number of rotatable bonds is 9. The average Bonchev–Trinajstić information content (AvgIpc) is 2.74. The van der Waals surface area contributed by atoms with Gasteiger partial charge in [-0.2, -0.15) is 0 Å². The molecule has 0 heterocycles. The van der Waals surface area contributed by atoms with Crippen LogP contribution in [0, 0.1) is 13.8 Å².